The van der Waals surface area contributed by atoms with E-state index in [9.17, 15) is 19.2 Å². The van der Waals surface area contributed by atoms with Crippen LogP contribution in [0, 0.1) is 5.92 Å². The molecule has 0 saturated heterocycles. The zero-order valence-electron chi connectivity index (χ0n) is 12.5. The quantitative estimate of drug-likeness (QED) is 0.387. The molecule has 0 radical (unpaired) electrons. The lowest BCUT2D eigenvalue weighted by Crippen LogP contribution is -2.48. The monoisotopic (exact) mass is 314 g/mol. The zero-order chi connectivity index (χ0) is 17.7. The summed E-state index contributed by atoms with van der Waals surface area (Å²) in [5, 5.41) is 18.0. The van der Waals surface area contributed by atoms with Gasteiger partial charge in [0.25, 0.3) is 5.79 Å². The first-order chi connectivity index (χ1) is 9.90. The predicted molar refractivity (Wildman–Crippen MR) is 73.6 cm³/mol. The van der Waals surface area contributed by atoms with Crippen LogP contribution < -0.4 is 0 Å². The van der Waals surface area contributed by atoms with Crippen LogP contribution in [0.2, 0.25) is 0 Å². The molecule has 22 heavy (non-hydrogen) atoms. The topological polar surface area (TPSA) is 127 Å². The van der Waals surface area contributed by atoms with Gasteiger partial charge in [0.05, 0.1) is 6.42 Å². The summed E-state index contributed by atoms with van der Waals surface area (Å²) < 4.78 is 9.76. The van der Waals surface area contributed by atoms with Gasteiger partial charge >= 0.3 is 23.9 Å². The fraction of sp³-hybridized carbons (Fsp3) is 0.429. The maximum absolute atomic E-state index is 11.6. The average Bonchev–Trinajstić information content (AvgIpc) is 2.34. The predicted octanol–water partition coefficient (Wildman–Crippen LogP) is 1.12. The molecule has 0 aliphatic rings. The Hall–Kier alpha value is -2.64. The molecule has 0 aliphatic carbocycles. The summed E-state index contributed by atoms with van der Waals surface area (Å²) in [6.07, 6.45) is -0.918. The fourth-order valence-corrected chi connectivity index (χ4v) is 1.38. The molecule has 0 rings (SSSR count). The highest BCUT2D eigenvalue weighted by Crippen LogP contribution is 2.29. The van der Waals surface area contributed by atoms with Gasteiger partial charge < -0.3 is 19.7 Å². The molecule has 2 N–H and O–H groups in total. The minimum Gasteiger partial charge on any atom is -0.481 e. The standard InChI is InChI=1S/C14H18O8/c1-7(2)12(19)21-14(5,22-13(20)8(3)4)9(11(17)18)6-10(15)16/h9H,1,3,6H2,2,4-5H3,(H,15,16)(H,17,18). The van der Waals surface area contributed by atoms with Gasteiger partial charge in [0.2, 0.25) is 0 Å². The molecule has 0 aromatic carbocycles. The van der Waals surface area contributed by atoms with Crippen molar-refractivity contribution in [2.75, 3.05) is 0 Å². The van der Waals surface area contributed by atoms with Crippen LogP contribution in [0.4, 0.5) is 0 Å². The third-order valence-corrected chi connectivity index (χ3v) is 2.60. The summed E-state index contributed by atoms with van der Waals surface area (Å²) in [7, 11) is 0. The van der Waals surface area contributed by atoms with Crippen LogP contribution in [-0.2, 0) is 28.7 Å². The normalized spacial score (nSPS) is 12.0. The van der Waals surface area contributed by atoms with Crippen molar-refractivity contribution < 1.29 is 38.9 Å². The second-order valence-corrected chi connectivity index (χ2v) is 4.84. The van der Waals surface area contributed by atoms with Crippen LogP contribution in [0.25, 0.3) is 0 Å². The number of hydrogen-bond acceptors (Lipinski definition) is 6. The Morgan fingerprint density at radius 3 is 1.59 bits per heavy atom. The molecule has 0 saturated carbocycles. The Morgan fingerprint density at radius 1 is 1.00 bits per heavy atom. The summed E-state index contributed by atoms with van der Waals surface area (Å²) >= 11 is 0. The second kappa shape index (κ2) is 7.39. The Balaban J connectivity index is 5.71. The highest BCUT2D eigenvalue weighted by atomic mass is 16.7. The molecule has 0 aromatic rings. The first-order valence-corrected chi connectivity index (χ1v) is 6.13. The van der Waals surface area contributed by atoms with E-state index in [0.29, 0.717) is 0 Å². The van der Waals surface area contributed by atoms with Crippen LogP contribution in [0.5, 0.6) is 0 Å². The van der Waals surface area contributed by atoms with Gasteiger partial charge in [-0.2, -0.15) is 0 Å². The minimum absolute atomic E-state index is 0.0722. The van der Waals surface area contributed by atoms with Crippen LogP contribution in [-0.4, -0.2) is 39.9 Å². The lowest BCUT2D eigenvalue weighted by atomic mass is 9.95. The Morgan fingerprint density at radius 2 is 1.36 bits per heavy atom. The molecule has 0 spiro atoms. The van der Waals surface area contributed by atoms with Crippen molar-refractivity contribution >= 4 is 23.9 Å². The van der Waals surface area contributed by atoms with Crippen molar-refractivity contribution in [3.63, 3.8) is 0 Å². The van der Waals surface area contributed by atoms with E-state index in [1.54, 1.807) is 0 Å². The van der Waals surface area contributed by atoms with Gasteiger partial charge in [-0.1, -0.05) is 13.2 Å². The fourth-order valence-electron chi connectivity index (χ4n) is 1.38. The van der Waals surface area contributed by atoms with E-state index in [1.165, 1.54) is 13.8 Å². The molecular weight excluding hydrogens is 296 g/mol. The lowest BCUT2D eigenvalue weighted by Gasteiger charge is -2.33. The molecule has 0 heterocycles. The number of rotatable bonds is 8. The summed E-state index contributed by atoms with van der Waals surface area (Å²) in [4.78, 5) is 45.4. The average molecular weight is 314 g/mol. The number of carbonyl (C=O) groups excluding carboxylic acids is 2. The van der Waals surface area contributed by atoms with Crippen molar-refractivity contribution in [1.82, 2.24) is 0 Å². The van der Waals surface area contributed by atoms with Crippen LogP contribution in [0.15, 0.2) is 24.3 Å². The Labute approximate surface area is 127 Å². The van der Waals surface area contributed by atoms with Gasteiger partial charge in [-0.05, 0) is 13.8 Å². The van der Waals surface area contributed by atoms with Gasteiger partial charge in [0.1, 0.15) is 5.92 Å². The molecule has 0 bridgehead atoms. The second-order valence-electron chi connectivity index (χ2n) is 4.84. The largest absolute Gasteiger partial charge is 0.481 e. The smallest absolute Gasteiger partial charge is 0.336 e. The molecule has 0 fully saturated rings. The number of ether oxygens (including phenoxy) is 2. The van der Waals surface area contributed by atoms with Crippen LogP contribution >= 0.6 is 0 Å². The third-order valence-electron chi connectivity index (χ3n) is 2.60. The van der Waals surface area contributed by atoms with E-state index in [2.05, 4.69) is 13.2 Å². The molecular formula is C14H18O8. The molecule has 1 atom stereocenters. The highest BCUT2D eigenvalue weighted by molar-refractivity contribution is 5.90. The number of hydrogen-bond donors (Lipinski definition) is 2. The van der Waals surface area contributed by atoms with Gasteiger partial charge in [-0.25, -0.2) is 9.59 Å². The molecule has 122 valence electrons. The molecule has 8 nitrogen and oxygen atoms in total. The zero-order valence-corrected chi connectivity index (χ0v) is 12.5. The number of carboxylic acids is 2. The van der Waals surface area contributed by atoms with E-state index in [1.807, 2.05) is 0 Å². The maximum atomic E-state index is 11.6. The maximum Gasteiger partial charge on any atom is 0.336 e. The highest BCUT2D eigenvalue weighted by Gasteiger charge is 2.48. The number of carbonyl (C=O) groups is 4. The Bertz CT molecular complexity index is 503. The van der Waals surface area contributed by atoms with E-state index >= 15 is 0 Å². The van der Waals surface area contributed by atoms with Crippen LogP contribution in [0.3, 0.4) is 0 Å². The van der Waals surface area contributed by atoms with Crippen molar-refractivity contribution in [1.29, 1.82) is 0 Å². The lowest BCUT2D eigenvalue weighted by molar-refractivity contribution is -0.238. The van der Waals surface area contributed by atoms with Crippen molar-refractivity contribution in [3.8, 4) is 0 Å². The van der Waals surface area contributed by atoms with E-state index < -0.39 is 42.0 Å². The number of carboxylic acid groups (broad SMARTS) is 2. The minimum atomic E-state index is -2.32. The number of esters is 2. The van der Waals surface area contributed by atoms with Gasteiger partial charge in [0, 0.05) is 18.1 Å². The van der Waals surface area contributed by atoms with Crippen LogP contribution in [0.1, 0.15) is 27.2 Å². The summed E-state index contributed by atoms with van der Waals surface area (Å²) in [6.45, 7) is 10.2. The summed E-state index contributed by atoms with van der Waals surface area (Å²) in [6, 6.07) is 0. The summed E-state index contributed by atoms with van der Waals surface area (Å²) in [5.41, 5.74) is -0.144. The number of aliphatic carboxylic acids is 2. The molecule has 0 aromatic heterocycles. The van der Waals surface area contributed by atoms with Gasteiger partial charge in [-0.15, -0.1) is 0 Å². The third kappa shape index (κ3) is 5.39. The van der Waals surface area contributed by atoms with E-state index in [4.69, 9.17) is 19.7 Å². The van der Waals surface area contributed by atoms with Crippen molar-refractivity contribution in [3.05, 3.63) is 24.3 Å². The first-order valence-electron chi connectivity index (χ1n) is 6.13. The molecule has 1 unspecified atom stereocenters. The van der Waals surface area contributed by atoms with Crippen molar-refractivity contribution in [2.24, 2.45) is 5.92 Å². The first kappa shape index (κ1) is 19.4. The molecule has 0 aliphatic heterocycles. The van der Waals surface area contributed by atoms with Crippen molar-refractivity contribution in [2.45, 2.75) is 33.0 Å². The SMILES string of the molecule is C=C(C)C(=O)OC(C)(OC(=O)C(=C)C)C(CC(=O)O)C(=O)O. The molecule has 0 amide bonds. The van der Waals surface area contributed by atoms with E-state index in [0.717, 1.165) is 6.92 Å². The van der Waals surface area contributed by atoms with E-state index in [-0.39, 0.29) is 11.1 Å². The summed E-state index contributed by atoms with van der Waals surface area (Å²) in [5.74, 6) is -9.24. The Kier molecular flexibility index (Phi) is 6.50. The van der Waals surface area contributed by atoms with Gasteiger partial charge in [0.15, 0.2) is 0 Å². The molecule has 8 heteroatoms. The van der Waals surface area contributed by atoms with Gasteiger partial charge in [-0.3, -0.25) is 9.59 Å².